The molecule has 0 bridgehead atoms. The van der Waals surface area contributed by atoms with Crippen LogP contribution in [0.3, 0.4) is 0 Å². The molecule has 150 valence electrons. The summed E-state index contributed by atoms with van der Waals surface area (Å²) in [5.41, 5.74) is 1.19. The van der Waals surface area contributed by atoms with E-state index in [9.17, 15) is 9.59 Å². The first-order valence-electron chi connectivity index (χ1n) is 9.65. The number of nitrogens with one attached hydrogen (secondary N) is 1. The quantitative estimate of drug-likeness (QED) is 0.782. The van der Waals surface area contributed by atoms with Crippen molar-refractivity contribution in [2.24, 2.45) is 0 Å². The van der Waals surface area contributed by atoms with Crippen LogP contribution in [0.4, 0.5) is 0 Å². The molecule has 1 N–H and O–H groups in total. The molecule has 1 atom stereocenters. The van der Waals surface area contributed by atoms with E-state index in [1.54, 1.807) is 11.8 Å². The fourth-order valence-electron chi connectivity index (χ4n) is 3.83. The summed E-state index contributed by atoms with van der Waals surface area (Å²) in [4.78, 5) is 30.8. The largest absolute Gasteiger partial charge is 0.340 e. The summed E-state index contributed by atoms with van der Waals surface area (Å²) in [6.07, 6.45) is 1.81. The van der Waals surface area contributed by atoms with Crippen molar-refractivity contribution >= 4 is 24.2 Å². The maximum absolute atomic E-state index is 12.7. The number of amides is 2. The third kappa shape index (κ3) is 6.19. The van der Waals surface area contributed by atoms with Crippen LogP contribution in [-0.4, -0.2) is 84.9 Å². The summed E-state index contributed by atoms with van der Waals surface area (Å²) in [6, 6.07) is 10.6. The number of nitrogens with zero attached hydrogens (tertiary/aromatic N) is 3. The fraction of sp³-hybridized carbons (Fsp3) is 0.600. The number of hydrogen-bond donors (Lipinski definition) is 1. The Morgan fingerprint density at radius 1 is 1.15 bits per heavy atom. The van der Waals surface area contributed by atoms with Crippen molar-refractivity contribution in [3.05, 3.63) is 35.9 Å². The predicted molar refractivity (Wildman–Crippen MR) is 109 cm³/mol. The number of likely N-dealkylation sites (tertiary alicyclic amines) is 1. The summed E-state index contributed by atoms with van der Waals surface area (Å²) >= 11 is 0. The first-order chi connectivity index (χ1) is 12.6. The maximum atomic E-state index is 12.7. The molecule has 1 aromatic rings. The van der Waals surface area contributed by atoms with Crippen LogP contribution >= 0.6 is 12.4 Å². The molecular weight excluding hydrogens is 364 g/mol. The van der Waals surface area contributed by atoms with Gasteiger partial charge in [-0.05, 0) is 18.4 Å². The molecule has 0 aromatic heterocycles. The maximum Gasteiger partial charge on any atom is 0.242 e. The zero-order valence-electron chi connectivity index (χ0n) is 16.1. The second-order valence-electron chi connectivity index (χ2n) is 7.24. The van der Waals surface area contributed by atoms with Crippen LogP contribution in [-0.2, 0) is 16.0 Å². The number of hydrogen-bond acceptors (Lipinski definition) is 4. The van der Waals surface area contributed by atoms with E-state index in [-0.39, 0.29) is 30.8 Å². The summed E-state index contributed by atoms with van der Waals surface area (Å²) in [6.45, 7) is 8.10. The van der Waals surface area contributed by atoms with Gasteiger partial charge in [0.15, 0.2) is 0 Å². The molecule has 27 heavy (non-hydrogen) atoms. The average Bonchev–Trinajstić information content (AvgIpc) is 3.16. The van der Waals surface area contributed by atoms with Crippen LogP contribution in [0.1, 0.15) is 18.9 Å². The first kappa shape index (κ1) is 21.7. The molecule has 7 heteroatoms. The predicted octanol–water partition coefficient (Wildman–Crippen LogP) is 1.01. The van der Waals surface area contributed by atoms with Crippen molar-refractivity contribution in [1.29, 1.82) is 0 Å². The molecule has 1 aromatic carbocycles. The Labute approximate surface area is 168 Å². The second kappa shape index (κ2) is 10.6. The lowest BCUT2D eigenvalue weighted by atomic mass is 10.1. The molecule has 0 radical (unpaired) electrons. The third-order valence-electron chi connectivity index (χ3n) is 5.47. The molecule has 2 heterocycles. The van der Waals surface area contributed by atoms with E-state index in [4.69, 9.17) is 0 Å². The van der Waals surface area contributed by atoms with E-state index >= 15 is 0 Å². The van der Waals surface area contributed by atoms with Crippen molar-refractivity contribution < 1.29 is 9.59 Å². The minimum absolute atomic E-state index is 0. The Morgan fingerprint density at radius 3 is 2.52 bits per heavy atom. The van der Waals surface area contributed by atoms with Crippen molar-refractivity contribution in [2.45, 2.75) is 25.8 Å². The number of halogens is 1. The minimum Gasteiger partial charge on any atom is -0.340 e. The van der Waals surface area contributed by atoms with E-state index in [0.29, 0.717) is 12.6 Å². The number of piperazine rings is 1. The SMILES string of the molecule is CC(=O)N(CCc1ccccc1)CC(=O)N1CCC(N2CCNCC2)C1.Cl. The lowest BCUT2D eigenvalue weighted by Crippen LogP contribution is -2.50. The Balaban J connectivity index is 0.00000261. The van der Waals surface area contributed by atoms with Gasteiger partial charge in [-0.3, -0.25) is 14.5 Å². The molecule has 3 rings (SSSR count). The van der Waals surface area contributed by atoms with E-state index in [0.717, 1.165) is 52.1 Å². The lowest BCUT2D eigenvalue weighted by Gasteiger charge is -2.32. The highest BCUT2D eigenvalue weighted by Crippen LogP contribution is 2.16. The van der Waals surface area contributed by atoms with Gasteiger partial charge in [0.2, 0.25) is 11.8 Å². The Kier molecular flexibility index (Phi) is 8.54. The third-order valence-corrected chi connectivity index (χ3v) is 5.47. The molecule has 1 unspecified atom stereocenters. The van der Waals surface area contributed by atoms with Crippen molar-refractivity contribution in [3.63, 3.8) is 0 Å². The zero-order chi connectivity index (χ0) is 18.4. The Bertz CT molecular complexity index is 607. The van der Waals surface area contributed by atoms with Gasteiger partial charge >= 0.3 is 0 Å². The average molecular weight is 395 g/mol. The zero-order valence-corrected chi connectivity index (χ0v) is 16.9. The molecule has 2 amide bonds. The van der Waals surface area contributed by atoms with E-state index in [2.05, 4.69) is 22.3 Å². The highest BCUT2D eigenvalue weighted by Gasteiger charge is 2.31. The van der Waals surface area contributed by atoms with Crippen LogP contribution in [0.15, 0.2) is 30.3 Å². The highest BCUT2D eigenvalue weighted by atomic mass is 35.5. The second-order valence-corrected chi connectivity index (χ2v) is 7.24. The van der Waals surface area contributed by atoms with Gasteiger partial charge in [-0.15, -0.1) is 12.4 Å². The normalized spacial score (nSPS) is 20.2. The van der Waals surface area contributed by atoms with Gasteiger partial charge in [0.25, 0.3) is 0 Å². The molecular formula is C20H31ClN4O2. The number of benzene rings is 1. The Morgan fingerprint density at radius 2 is 1.85 bits per heavy atom. The molecule has 2 aliphatic heterocycles. The van der Waals surface area contributed by atoms with Crippen molar-refractivity contribution in [2.75, 3.05) is 52.4 Å². The van der Waals surface area contributed by atoms with Crippen LogP contribution < -0.4 is 5.32 Å². The summed E-state index contributed by atoms with van der Waals surface area (Å²) < 4.78 is 0. The molecule has 0 saturated carbocycles. The van der Waals surface area contributed by atoms with E-state index in [1.807, 2.05) is 23.1 Å². The summed E-state index contributed by atoms with van der Waals surface area (Å²) in [5.74, 6) is 0.0398. The van der Waals surface area contributed by atoms with Gasteiger partial charge in [-0.25, -0.2) is 0 Å². The topological polar surface area (TPSA) is 55.9 Å². The van der Waals surface area contributed by atoms with Crippen molar-refractivity contribution in [3.8, 4) is 0 Å². The van der Waals surface area contributed by atoms with Crippen LogP contribution in [0.5, 0.6) is 0 Å². The summed E-state index contributed by atoms with van der Waals surface area (Å²) in [5, 5.41) is 3.37. The fourth-order valence-corrected chi connectivity index (χ4v) is 3.83. The van der Waals surface area contributed by atoms with Gasteiger partial charge in [-0.1, -0.05) is 30.3 Å². The van der Waals surface area contributed by atoms with E-state index < -0.39 is 0 Å². The lowest BCUT2D eigenvalue weighted by molar-refractivity contribution is -0.138. The van der Waals surface area contributed by atoms with E-state index in [1.165, 1.54) is 5.56 Å². The molecule has 2 fully saturated rings. The monoisotopic (exact) mass is 394 g/mol. The summed E-state index contributed by atoms with van der Waals surface area (Å²) in [7, 11) is 0. The number of carbonyl (C=O) groups is 2. The highest BCUT2D eigenvalue weighted by molar-refractivity contribution is 5.85. The van der Waals surface area contributed by atoms with Gasteiger partial charge in [-0.2, -0.15) is 0 Å². The van der Waals surface area contributed by atoms with Gasteiger partial charge in [0.05, 0.1) is 6.54 Å². The van der Waals surface area contributed by atoms with Crippen molar-refractivity contribution in [1.82, 2.24) is 20.0 Å². The number of rotatable bonds is 6. The first-order valence-corrected chi connectivity index (χ1v) is 9.65. The van der Waals surface area contributed by atoms with Crippen LogP contribution in [0.2, 0.25) is 0 Å². The molecule has 2 saturated heterocycles. The van der Waals surface area contributed by atoms with Gasteiger partial charge in [0.1, 0.15) is 0 Å². The standard InChI is InChI=1S/C20H30N4O2.ClH/c1-17(25)23(11-7-18-5-3-2-4-6-18)16-20(26)24-12-8-19(15-24)22-13-9-21-10-14-22;/h2-6,19,21H,7-16H2,1H3;1H. The van der Waals surface area contributed by atoms with Crippen LogP contribution in [0.25, 0.3) is 0 Å². The van der Waals surface area contributed by atoms with Gasteiger partial charge in [0, 0.05) is 58.8 Å². The minimum atomic E-state index is -0.0351. The molecule has 0 spiro atoms. The molecule has 2 aliphatic rings. The molecule has 0 aliphatic carbocycles. The van der Waals surface area contributed by atoms with Crippen LogP contribution in [0, 0.1) is 0 Å². The molecule has 6 nitrogen and oxygen atoms in total. The van der Waals surface area contributed by atoms with Gasteiger partial charge < -0.3 is 15.1 Å². The smallest absolute Gasteiger partial charge is 0.242 e. The Hall–Kier alpha value is -1.63. The number of carbonyl (C=O) groups excluding carboxylic acids is 2.